The van der Waals surface area contributed by atoms with Gasteiger partial charge in [-0.05, 0) is 67.3 Å². The maximum Gasteiger partial charge on any atom is 0.185 e. The average molecular weight is 410 g/mol. The number of nitrogen functional groups attached to an aromatic ring is 1. The first-order valence-electron chi connectivity index (χ1n) is 11.1. The van der Waals surface area contributed by atoms with Gasteiger partial charge in [-0.3, -0.25) is 4.79 Å². The maximum atomic E-state index is 12.7. The summed E-state index contributed by atoms with van der Waals surface area (Å²) in [6.45, 7) is 7.73. The molecule has 0 saturated carbocycles. The van der Waals surface area contributed by atoms with Crippen molar-refractivity contribution in [2.75, 3.05) is 18.9 Å². The summed E-state index contributed by atoms with van der Waals surface area (Å²) in [5.74, 6) is 1.52. The number of rotatable bonds is 13. The van der Waals surface area contributed by atoms with Crippen LogP contribution >= 0.6 is 0 Å². The number of nitrogens with two attached hydrogens (primary N) is 1. The lowest BCUT2D eigenvalue weighted by Crippen LogP contribution is -2.05. The quantitative estimate of drug-likeness (QED) is 0.178. The van der Waals surface area contributed by atoms with E-state index < -0.39 is 0 Å². The zero-order valence-electron chi connectivity index (χ0n) is 18.6. The van der Waals surface area contributed by atoms with Crippen molar-refractivity contribution in [2.24, 2.45) is 0 Å². The highest BCUT2D eigenvalue weighted by molar-refractivity contribution is 6.07. The van der Waals surface area contributed by atoms with E-state index >= 15 is 0 Å². The van der Waals surface area contributed by atoms with Crippen molar-refractivity contribution in [1.82, 2.24) is 0 Å². The highest BCUT2D eigenvalue weighted by Crippen LogP contribution is 2.35. The van der Waals surface area contributed by atoms with E-state index in [1.165, 1.54) is 0 Å². The van der Waals surface area contributed by atoms with Crippen LogP contribution < -0.4 is 15.2 Å². The maximum absolute atomic E-state index is 12.7. The Morgan fingerprint density at radius 1 is 0.900 bits per heavy atom. The van der Waals surface area contributed by atoms with Crippen LogP contribution in [-0.2, 0) is 6.42 Å². The van der Waals surface area contributed by atoms with Crippen LogP contribution in [0.2, 0.25) is 0 Å². The zero-order chi connectivity index (χ0) is 21.8. The molecule has 0 saturated heterocycles. The smallest absolute Gasteiger partial charge is 0.185 e. The van der Waals surface area contributed by atoms with Crippen molar-refractivity contribution >= 4 is 17.5 Å². The molecular weight excluding hydrogens is 374 g/mol. The van der Waals surface area contributed by atoms with Gasteiger partial charge in [-0.1, -0.05) is 46.1 Å². The van der Waals surface area contributed by atoms with Crippen molar-refractivity contribution in [3.8, 4) is 11.5 Å². The van der Waals surface area contributed by atoms with Gasteiger partial charge in [0, 0.05) is 11.3 Å². The topological polar surface area (TPSA) is 61.5 Å². The summed E-state index contributed by atoms with van der Waals surface area (Å²) in [5.41, 5.74) is 8.97. The van der Waals surface area contributed by atoms with Gasteiger partial charge in [-0.15, -0.1) is 0 Å². The number of carbonyl (C=O) groups is 1. The minimum atomic E-state index is -0.0742. The molecule has 0 amide bonds. The van der Waals surface area contributed by atoms with Gasteiger partial charge in [0.1, 0.15) is 11.5 Å². The molecule has 162 valence electrons. The van der Waals surface area contributed by atoms with Crippen LogP contribution in [0, 0.1) is 0 Å². The predicted octanol–water partition coefficient (Wildman–Crippen LogP) is 6.48. The second-order valence-corrected chi connectivity index (χ2v) is 7.44. The number of hydrogen-bond donors (Lipinski definition) is 1. The Morgan fingerprint density at radius 2 is 1.57 bits per heavy atom. The summed E-state index contributed by atoms with van der Waals surface area (Å²) < 4.78 is 12.3. The number of aryl methyl sites for hydroxylation is 1. The first-order valence-corrected chi connectivity index (χ1v) is 11.1. The largest absolute Gasteiger partial charge is 0.493 e. The molecule has 2 N–H and O–H groups in total. The molecule has 0 heterocycles. The Morgan fingerprint density at radius 3 is 2.20 bits per heavy atom. The molecule has 2 aromatic carbocycles. The molecule has 4 nitrogen and oxygen atoms in total. The normalized spacial score (nSPS) is 11.0. The number of unbranched alkanes of at least 4 members (excludes halogenated alkanes) is 2. The molecule has 2 rings (SSSR count). The third-order valence-electron chi connectivity index (χ3n) is 4.85. The van der Waals surface area contributed by atoms with Crippen molar-refractivity contribution in [1.29, 1.82) is 0 Å². The summed E-state index contributed by atoms with van der Waals surface area (Å²) in [7, 11) is 0. The van der Waals surface area contributed by atoms with Crippen LogP contribution in [0.4, 0.5) is 5.69 Å². The van der Waals surface area contributed by atoms with Crippen molar-refractivity contribution < 1.29 is 14.3 Å². The Hall–Kier alpha value is -2.75. The fraction of sp³-hybridized carbons (Fsp3) is 0.423. The Kier molecular flexibility index (Phi) is 9.99. The number of allylic oxidation sites excluding steroid dienone is 1. The highest BCUT2D eigenvalue weighted by Gasteiger charge is 2.15. The Bertz CT molecular complexity index is 825. The molecule has 2 aromatic rings. The minimum Gasteiger partial charge on any atom is -0.493 e. The van der Waals surface area contributed by atoms with Gasteiger partial charge >= 0.3 is 0 Å². The van der Waals surface area contributed by atoms with Crippen molar-refractivity contribution in [3.63, 3.8) is 0 Å². The summed E-state index contributed by atoms with van der Waals surface area (Å²) in [4.78, 5) is 12.7. The fourth-order valence-electron chi connectivity index (χ4n) is 3.09. The fourth-order valence-corrected chi connectivity index (χ4v) is 3.09. The summed E-state index contributed by atoms with van der Waals surface area (Å²) in [6, 6.07) is 11.1. The molecule has 30 heavy (non-hydrogen) atoms. The second kappa shape index (κ2) is 12.7. The predicted molar refractivity (Wildman–Crippen MR) is 125 cm³/mol. The Labute approximate surface area is 181 Å². The third-order valence-corrected chi connectivity index (χ3v) is 4.85. The minimum absolute atomic E-state index is 0.0742. The molecule has 0 atom stereocenters. The molecule has 0 spiro atoms. The number of anilines is 1. The van der Waals surface area contributed by atoms with Gasteiger partial charge < -0.3 is 15.2 Å². The Balaban J connectivity index is 2.39. The molecule has 4 heteroatoms. The van der Waals surface area contributed by atoms with Crippen LogP contribution in [0.15, 0.2) is 42.5 Å². The van der Waals surface area contributed by atoms with Gasteiger partial charge in [-0.25, -0.2) is 0 Å². The van der Waals surface area contributed by atoms with E-state index in [9.17, 15) is 4.79 Å². The molecule has 0 fully saturated rings. The molecule has 0 aromatic heterocycles. The standard InChI is InChI=1S/C26H35NO3/c1-4-7-18-29-25-17-12-21(9-6-3)26(30-19-8-5-2)23(25)15-16-24(28)20-10-13-22(27)14-11-20/h10-17H,4-9,18-19,27H2,1-3H3. The van der Waals surface area contributed by atoms with Crippen LogP contribution in [0.1, 0.15) is 74.4 Å². The van der Waals surface area contributed by atoms with Gasteiger partial charge in [0.2, 0.25) is 0 Å². The number of hydrogen-bond acceptors (Lipinski definition) is 4. The van der Waals surface area contributed by atoms with E-state index in [2.05, 4.69) is 26.8 Å². The highest BCUT2D eigenvalue weighted by atomic mass is 16.5. The van der Waals surface area contributed by atoms with E-state index in [1.807, 2.05) is 12.1 Å². The van der Waals surface area contributed by atoms with Crippen LogP contribution in [0.3, 0.4) is 0 Å². The number of ether oxygens (including phenoxy) is 2. The van der Waals surface area contributed by atoms with E-state index in [-0.39, 0.29) is 5.78 Å². The molecule has 0 aliphatic carbocycles. The molecule has 0 radical (unpaired) electrons. The third kappa shape index (κ3) is 6.94. The first kappa shape index (κ1) is 23.5. The molecule has 0 aliphatic rings. The average Bonchev–Trinajstić information content (AvgIpc) is 2.75. The second-order valence-electron chi connectivity index (χ2n) is 7.44. The van der Waals surface area contributed by atoms with Crippen molar-refractivity contribution in [2.45, 2.75) is 59.3 Å². The zero-order valence-corrected chi connectivity index (χ0v) is 18.6. The van der Waals surface area contributed by atoms with Crippen molar-refractivity contribution in [3.05, 3.63) is 59.2 Å². The molecule has 0 unspecified atom stereocenters. The molecule has 0 bridgehead atoms. The lowest BCUT2D eigenvalue weighted by molar-refractivity contribution is 0.104. The van der Waals surface area contributed by atoms with Gasteiger partial charge in [0.15, 0.2) is 5.78 Å². The van der Waals surface area contributed by atoms with Gasteiger partial charge in [0.05, 0.1) is 18.8 Å². The molecular formula is C26H35NO3. The van der Waals surface area contributed by atoms with Crippen LogP contribution in [0.5, 0.6) is 11.5 Å². The van der Waals surface area contributed by atoms with Crippen LogP contribution in [-0.4, -0.2) is 19.0 Å². The number of ketones is 1. The summed E-state index contributed by atoms with van der Waals surface area (Å²) in [6.07, 6.45) is 9.47. The van der Waals surface area contributed by atoms with Gasteiger partial charge in [0.25, 0.3) is 0 Å². The summed E-state index contributed by atoms with van der Waals surface area (Å²) in [5, 5.41) is 0. The first-order chi connectivity index (χ1) is 14.6. The number of carbonyl (C=O) groups excluding carboxylic acids is 1. The van der Waals surface area contributed by atoms with Gasteiger partial charge in [-0.2, -0.15) is 0 Å². The molecule has 0 aliphatic heterocycles. The lowest BCUT2D eigenvalue weighted by Gasteiger charge is -2.18. The SMILES string of the molecule is CCCCOc1ccc(CCC)c(OCCCC)c1C=CC(=O)c1ccc(N)cc1. The van der Waals surface area contributed by atoms with Crippen LogP contribution in [0.25, 0.3) is 6.08 Å². The monoisotopic (exact) mass is 409 g/mol. The van der Waals surface area contributed by atoms with E-state index in [0.717, 1.165) is 61.2 Å². The number of benzene rings is 2. The lowest BCUT2D eigenvalue weighted by atomic mass is 10.0. The van der Waals surface area contributed by atoms with E-state index in [4.69, 9.17) is 15.2 Å². The summed E-state index contributed by atoms with van der Waals surface area (Å²) >= 11 is 0. The van der Waals surface area contributed by atoms with E-state index in [1.54, 1.807) is 30.3 Å². The van der Waals surface area contributed by atoms with E-state index in [0.29, 0.717) is 24.5 Å².